The lowest BCUT2D eigenvalue weighted by molar-refractivity contribution is 0.360. The summed E-state index contributed by atoms with van der Waals surface area (Å²) in [4.78, 5) is 31.6. The van der Waals surface area contributed by atoms with E-state index in [1.807, 2.05) is 6.07 Å². The van der Waals surface area contributed by atoms with Crippen LogP contribution in [0.1, 0.15) is 12.0 Å². The topological polar surface area (TPSA) is 83.6 Å². The molecule has 0 atom stereocenters. The van der Waals surface area contributed by atoms with E-state index in [1.165, 1.54) is 36.3 Å². The zero-order valence-electron chi connectivity index (χ0n) is 21.0. The summed E-state index contributed by atoms with van der Waals surface area (Å²) in [5.74, 6) is -0.103. The molecule has 0 bridgehead atoms. The number of hydrogen-bond donors (Lipinski definition) is 1. The number of anilines is 3. The van der Waals surface area contributed by atoms with Gasteiger partial charge in [-0.2, -0.15) is 4.98 Å². The van der Waals surface area contributed by atoms with Crippen molar-refractivity contribution in [2.75, 3.05) is 43.4 Å². The van der Waals surface area contributed by atoms with E-state index in [1.54, 1.807) is 10.6 Å². The van der Waals surface area contributed by atoms with Crippen LogP contribution in [0.2, 0.25) is 5.02 Å². The molecule has 0 amide bonds. The molecule has 0 radical (unpaired) electrons. The molecule has 9 nitrogen and oxygen atoms in total. The Kier molecular flexibility index (Phi) is 6.21. The van der Waals surface area contributed by atoms with Crippen molar-refractivity contribution < 1.29 is 4.39 Å². The number of imidazole rings is 1. The number of aryl methyl sites for hydroxylation is 1. The molecule has 38 heavy (non-hydrogen) atoms. The summed E-state index contributed by atoms with van der Waals surface area (Å²) < 4.78 is 17.5. The number of halogens is 2. The molecule has 2 aromatic carbocycles. The van der Waals surface area contributed by atoms with E-state index < -0.39 is 11.4 Å². The maximum absolute atomic E-state index is 14.7. The first-order chi connectivity index (χ1) is 18.4. The molecular formula is C27H26ClFN8O. The molecule has 6 rings (SSSR count). The van der Waals surface area contributed by atoms with Crippen LogP contribution in [0.15, 0.2) is 59.8 Å². The SMILES string of the molecule is Cc1cc(Nc2ncc3c(=O)n(-c4c(F)cccc4Cl)c4nccn4c3n2)ccc1N1CCCN(C)CC1. The van der Waals surface area contributed by atoms with Crippen LogP contribution in [0.4, 0.5) is 21.7 Å². The number of fused-ring (bicyclic) bond motifs is 3. The van der Waals surface area contributed by atoms with Crippen molar-refractivity contribution in [3.63, 3.8) is 0 Å². The van der Waals surface area contributed by atoms with Crippen molar-refractivity contribution in [2.45, 2.75) is 13.3 Å². The van der Waals surface area contributed by atoms with Crippen LogP contribution in [0, 0.1) is 12.7 Å². The van der Waals surface area contributed by atoms with Crippen molar-refractivity contribution in [1.29, 1.82) is 0 Å². The Bertz CT molecular complexity index is 1710. The molecule has 1 aliphatic rings. The third-order valence-corrected chi connectivity index (χ3v) is 7.23. The number of nitrogens with one attached hydrogen (secondary N) is 1. The second kappa shape index (κ2) is 9.70. The first-order valence-corrected chi connectivity index (χ1v) is 12.8. The smallest absolute Gasteiger partial charge is 0.270 e. The molecule has 5 aromatic rings. The number of aromatic nitrogens is 5. The van der Waals surface area contributed by atoms with E-state index in [2.05, 4.69) is 56.2 Å². The summed E-state index contributed by atoms with van der Waals surface area (Å²) in [7, 11) is 2.16. The van der Waals surface area contributed by atoms with Gasteiger partial charge in [0.2, 0.25) is 11.7 Å². The minimum absolute atomic E-state index is 0.0638. The van der Waals surface area contributed by atoms with Gasteiger partial charge < -0.3 is 15.1 Å². The highest BCUT2D eigenvalue weighted by atomic mass is 35.5. The Balaban J connectivity index is 1.37. The van der Waals surface area contributed by atoms with Gasteiger partial charge in [-0.15, -0.1) is 0 Å². The van der Waals surface area contributed by atoms with E-state index in [0.29, 0.717) is 11.6 Å². The summed E-state index contributed by atoms with van der Waals surface area (Å²) >= 11 is 6.27. The minimum atomic E-state index is -0.630. The molecule has 4 heterocycles. The van der Waals surface area contributed by atoms with Crippen molar-refractivity contribution in [2.24, 2.45) is 0 Å². The van der Waals surface area contributed by atoms with Gasteiger partial charge in [0.05, 0.1) is 5.02 Å². The molecule has 0 unspecified atom stereocenters. The van der Waals surface area contributed by atoms with Crippen molar-refractivity contribution >= 4 is 45.7 Å². The molecule has 1 N–H and O–H groups in total. The van der Waals surface area contributed by atoms with Gasteiger partial charge in [-0.05, 0) is 62.8 Å². The fourth-order valence-electron chi connectivity index (χ4n) is 5.01. The highest BCUT2D eigenvalue weighted by Crippen LogP contribution is 2.27. The standard InChI is InChI=1S/C27H26ClFN8O/c1-17-15-18(7-8-22(17)35-11-4-10-34(2)13-14-35)32-26-31-16-19-24(33-26)36-12-9-30-27(36)37(25(19)38)23-20(28)5-3-6-21(23)29/h3,5-9,12,15-16H,4,10-11,13-14H2,1-2H3,(H,31,32,33). The van der Waals surface area contributed by atoms with Crippen LogP contribution in [0.25, 0.3) is 22.5 Å². The van der Waals surface area contributed by atoms with Crippen LogP contribution in [0.5, 0.6) is 0 Å². The van der Waals surface area contributed by atoms with Gasteiger partial charge in [0.15, 0.2) is 5.65 Å². The first-order valence-electron chi connectivity index (χ1n) is 12.4. The zero-order chi connectivity index (χ0) is 26.4. The highest BCUT2D eigenvalue weighted by Gasteiger charge is 2.20. The van der Waals surface area contributed by atoms with Gasteiger partial charge >= 0.3 is 0 Å². The van der Waals surface area contributed by atoms with Gasteiger partial charge in [-0.25, -0.2) is 18.9 Å². The predicted molar refractivity (Wildman–Crippen MR) is 148 cm³/mol. The second-order valence-electron chi connectivity index (χ2n) is 9.51. The zero-order valence-corrected chi connectivity index (χ0v) is 21.8. The Morgan fingerprint density at radius 3 is 2.76 bits per heavy atom. The molecule has 3 aromatic heterocycles. The molecule has 194 valence electrons. The summed E-state index contributed by atoms with van der Waals surface area (Å²) in [5, 5.41) is 3.56. The molecule has 1 saturated heterocycles. The summed E-state index contributed by atoms with van der Waals surface area (Å²) in [6, 6.07) is 10.5. The van der Waals surface area contributed by atoms with E-state index >= 15 is 0 Å². The molecule has 1 fully saturated rings. The number of hydrogen-bond acceptors (Lipinski definition) is 7. The van der Waals surface area contributed by atoms with Crippen molar-refractivity contribution in [3.8, 4) is 5.69 Å². The molecular weight excluding hydrogens is 507 g/mol. The maximum Gasteiger partial charge on any atom is 0.270 e. The number of rotatable bonds is 4. The average molecular weight is 533 g/mol. The van der Waals surface area contributed by atoms with E-state index in [-0.39, 0.29) is 21.9 Å². The monoisotopic (exact) mass is 532 g/mol. The Morgan fingerprint density at radius 2 is 1.95 bits per heavy atom. The van der Waals surface area contributed by atoms with Crippen LogP contribution in [-0.2, 0) is 0 Å². The van der Waals surface area contributed by atoms with Gasteiger partial charge in [0.1, 0.15) is 16.9 Å². The van der Waals surface area contributed by atoms with Gasteiger partial charge in [-0.3, -0.25) is 9.20 Å². The van der Waals surface area contributed by atoms with E-state index in [0.717, 1.165) is 48.4 Å². The molecule has 0 spiro atoms. The third kappa shape index (κ3) is 4.25. The number of nitrogens with zero attached hydrogens (tertiary/aromatic N) is 7. The van der Waals surface area contributed by atoms with Crippen LogP contribution >= 0.6 is 11.6 Å². The normalized spacial score (nSPS) is 14.8. The number of benzene rings is 2. The highest BCUT2D eigenvalue weighted by molar-refractivity contribution is 6.32. The average Bonchev–Trinajstić information content (AvgIpc) is 3.28. The lowest BCUT2D eigenvalue weighted by Crippen LogP contribution is -2.29. The largest absolute Gasteiger partial charge is 0.370 e. The predicted octanol–water partition coefficient (Wildman–Crippen LogP) is 4.41. The Labute approximate surface area is 223 Å². The fraction of sp³-hybridized carbons (Fsp3) is 0.259. The second-order valence-corrected chi connectivity index (χ2v) is 9.92. The van der Waals surface area contributed by atoms with Crippen molar-refractivity contribution in [3.05, 3.63) is 81.7 Å². The van der Waals surface area contributed by atoms with Crippen LogP contribution < -0.4 is 15.8 Å². The number of likely N-dealkylation sites (N-methyl/N-ethyl adjacent to an activating group) is 1. The minimum Gasteiger partial charge on any atom is -0.370 e. The summed E-state index contributed by atoms with van der Waals surface area (Å²) in [6.07, 6.45) is 5.76. The molecule has 11 heteroatoms. The van der Waals surface area contributed by atoms with Gasteiger partial charge in [-0.1, -0.05) is 17.7 Å². The van der Waals surface area contributed by atoms with E-state index in [9.17, 15) is 9.18 Å². The summed E-state index contributed by atoms with van der Waals surface area (Å²) in [6.45, 7) is 6.27. The van der Waals surface area contributed by atoms with Crippen molar-refractivity contribution in [1.82, 2.24) is 28.8 Å². The van der Waals surface area contributed by atoms with Gasteiger partial charge in [0, 0.05) is 49.6 Å². The lowest BCUT2D eigenvalue weighted by atomic mass is 10.1. The summed E-state index contributed by atoms with van der Waals surface area (Å²) in [5.41, 5.74) is 2.99. The van der Waals surface area contributed by atoms with E-state index in [4.69, 9.17) is 11.6 Å². The Hall–Kier alpha value is -4.02. The van der Waals surface area contributed by atoms with Crippen LogP contribution in [0.3, 0.4) is 0 Å². The fourth-order valence-corrected chi connectivity index (χ4v) is 5.26. The Morgan fingerprint density at radius 1 is 1.08 bits per heavy atom. The molecule has 0 saturated carbocycles. The molecule has 1 aliphatic heterocycles. The molecule has 0 aliphatic carbocycles. The maximum atomic E-state index is 14.7. The van der Waals surface area contributed by atoms with Crippen LogP contribution in [-0.4, -0.2) is 62.0 Å². The first kappa shape index (κ1) is 24.3. The quantitative estimate of drug-likeness (QED) is 0.367. The number of para-hydroxylation sites is 1. The lowest BCUT2D eigenvalue weighted by Gasteiger charge is -2.25. The van der Waals surface area contributed by atoms with Gasteiger partial charge in [0.25, 0.3) is 5.56 Å². The third-order valence-electron chi connectivity index (χ3n) is 6.93.